The second-order valence-corrected chi connectivity index (χ2v) is 5.68. The number of imidazole rings is 1. The van der Waals surface area contributed by atoms with E-state index in [1.54, 1.807) is 0 Å². The van der Waals surface area contributed by atoms with Crippen molar-refractivity contribution in [3.05, 3.63) is 33.9 Å². The Morgan fingerprint density at radius 2 is 2.17 bits per heavy atom. The van der Waals surface area contributed by atoms with Crippen molar-refractivity contribution >= 4 is 21.9 Å². The standard InChI is InChI=1S/C14H16BrN3/c1-9-4-5-11(15)8-12(9)13-10(2)18-7-3-6-16-14(18)17-13/h4-5,8H,3,6-7H2,1-2H3,(H,16,17). The second-order valence-electron chi connectivity index (χ2n) is 4.76. The molecule has 0 amide bonds. The molecule has 0 saturated heterocycles. The summed E-state index contributed by atoms with van der Waals surface area (Å²) in [5.74, 6) is 1.01. The smallest absolute Gasteiger partial charge is 0.203 e. The van der Waals surface area contributed by atoms with E-state index in [9.17, 15) is 0 Å². The minimum absolute atomic E-state index is 1.01. The van der Waals surface area contributed by atoms with Gasteiger partial charge in [-0.05, 0) is 38.0 Å². The zero-order chi connectivity index (χ0) is 12.7. The number of anilines is 1. The molecule has 0 fully saturated rings. The molecule has 2 aromatic rings. The highest BCUT2D eigenvalue weighted by atomic mass is 79.9. The van der Waals surface area contributed by atoms with Gasteiger partial charge in [0.1, 0.15) is 0 Å². The van der Waals surface area contributed by atoms with E-state index in [0.717, 1.165) is 29.2 Å². The zero-order valence-electron chi connectivity index (χ0n) is 10.6. The van der Waals surface area contributed by atoms with Crippen LogP contribution in [0.15, 0.2) is 22.7 Å². The molecule has 0 radical (unpaired) electrons. The van der Waals surface area contributed by atoms with E-state index in [0.29, 0.717) is 0 Å². The van der Waals surface area contributed by atoms with Crippen molar-refractivity contribution in [2.45, 2.75) is 26.8 Å². The van der Waals surface area contributed by atoms with Crippen LogP contribution in [0.25, 0.3) is 11.3 Å². The number of hydrogen-bond donors (Lipinski definition) is 1. The Morgan fingerprint density at radius 1 is 1.33 bits per heavy atom. The van der Waals surface area contributed by atoms with Gasteiger partial charge in [-0.1, -0.05) is 22.0 Å². The monoisotopic (exact) mass is 305 g/mol. The number of benzene rings is 1. The predicted octanol–water partition coefficient (Wildman–Crippen LogP) is 3.75. The molecule has 4 heteroatoms. The van der Waals surface area contributed by atoms with Crippen molar-refractivity contribution < 1.29 is 0 Å². The van der Waals surface area contributed by atoms with Crippen LogP contribution in [0.2, 0.25) is 0 Å². The lowest BCUT2D eigenvalue weighted by Gasteiger charge is -2.16. The van der Waals surface area contributed by atoms with Gasteiger partial charge in [0, 0.05) is 28.8 Å². The van der Waals surface area contributed by atoms with Gasteiger partial charge in [0.2, 0.25) is 5.95 Å². The Labute approximate surface area is 115 Å². The van der Waals surface area contributed by atoms with Crippen LogP contribution in [-0.2, 0) is 6.54 Å². The summed E-state index contributed by atoms with van der Waals surface area (Å²) in [7, 11) is 0. The molecule has 0 aliphatic carbocycles. The lowest BCUT2D eigenvalue weighted by molar-refractivity contribution is 0.615. The zero-order valence-corrected chi connectivity index (χ0v) is 12.2. The molecule has 3 rings (SSSR count). The molecule has 2 heterocycles. The van der Waals surface area contributed by atoms with Gasteiger partial charge in [0.15, 0.2) is 0 Å². The summed E-state index contributed by atoms with van der Waals surface area (Å²) < 4.78 is 3.38. The average molecular weight is 306 g/mol. The minimum Gasteiger partial charge on any atom is -0.356 e. The molecule has 1 aliphatic heterocycles. The van der Waals surface area contributed by atoms with Crippen LogP contribution in [0.5, 0.6) is 0 Å². The van der Waals surface area contributed by atoms with Gasteiger partial charge in [-0.25, -0.2) is 4.98 Å². The first-order valence-electron chi connectivity index (χ1n) is 6.24. The van der Waals surface area contributed by atoms with E-state index < -0.39 is 0 Å². The van der Waals surface area contributed by atoms with Crippen molar-refractivity contribution in [1.29, 1.82) is 0 Å². The molecule has 0 bridgehead atoms. The fourth-order valence-corrected chi connectivity index (χ4v) is 2.85. The molecule has 1 N–H and O–H groups in total. The number of nitrogens with one attached hydrogen (secondary N) is 1. The Morgan fingerprint density at radius 3 is 2.94 bits per heavy atom. The van der Waals surface area contributed by atoms with E-state index in [2.05, 4.69) is 57.9 Å². The SMILES string of the molecule is Cc1ccc(Br)cc1-c1nc2n(c1C)CCCN2. The van der Waals surface area contributed by atoms with Crippen molar-refractivity contribution in [2.75, 3.05) is 11.9 Å². The summed E-state index contributed by atoms with van der Waals surface area (Å²) in [6, 6.07) is 6.35. The lowest BCUT2D eigenvalue weighted by atomic mass is 10.0. The number of fused-ring (bicyclic) bond motifs is 1. The van der Waals surface area contributed by atoms with Crippen molar-refractivity contribution in [3.63, 3.8) is 0 Å². The van der Waals surface area contributed by atoms with Gasteiger partial charge < -0.3 is 9.88 Å². The second kappa shape index (κ2) is 4.43. The van der Waals surface area contributed by atoms with Crippen LogP contribution in [0.3, 0.4) is 0 Å². The number of aromatic nitrogens is 2. The van der Waals surface area contributed by atoms with E-state index in [1.165, 1.54) is 23.2 Å². The van der Waals surface area contributed by atoms with Gasteiger partial charge in [0.05, 0.1) is 5.69 Å². The maximum Gasteiger partial charge on any atom is 0.203 e. The molecule has 1 aromatic heterocycles. The van der Waals surface area contributed by atoms with Crippen LogP contribution < -0.4 is 5.32 Å². The van der Waals surface area contributed by atoms with Gasteiger partial charge in [0.25, 0.3) is 0 Å². The molecule has 0 atom stereocenters. The van der Waals surface area contributed by atoms with E-state index in [4.69, 9.17) is 4.98 Å². The largest absolute Gasteiger partial charge is 0.356 e. The number of nitrogens with zero attached hydrogens (tertiary/aromatic N) is 2. The van der Waals surface area contributed by atoms with E-state index in [1.807, 2.05) is 0 Å². The van der Waals surface area contributed by atoms with Crippen molar-refractivity contribution in [2.24, 2.45) is 0 Å². The minimum atomic E-state index is 1.01. The third-order valence-corrected chi connectivity index (χ3v) is 4.01. The lowest BCUT2D eigenvalue weighted by Crippen LogP contribution is -2.17. The average Bonchev–Trinajstić information content (AvgIpc) is 2.71. The highest BCUT2D eigenvalue weighted by molar-refractivity contribution is 9.10. The van der Waals surface area contributed by atoms with Crippen LogP contribution >= 0.6 is 15.9 Å². The molecule has 18 heavy (non-hydrogen) atoms. The van der Waals surface area contributed by atoms with Gasteiger partial charge in [-0.2, -0.15) is 0 Å². The maximum absolute atomic E-state index is 4.75. The highest BCUT2D eigenvalue weighted by Crippen LogP contribution is 2.31. The van der Waals surface area contributed by atoms with Gasteiger partial charge in [-0.15, -0.1) is 0 Å². The first-order chi connectivity index (χ1) is 8.66. The van der Waals surface area contributed by atoms with Crippen LogP contribution in [0.1, 0.15) is 17.7 Å². The first kappa shape index (κ1) is 11.8. The van der Waals surface area contributed by atoms with Crippen LogP contribution in [-0.4, -0.2) is 16.1 Å². The van der Waals surface area contributed by atoms with Crippen molar-refractivity contribution in [1.82, 2.24) is 9.55 Å². The number of hydrogen-bond acceptors (Lipinski definition) is 2. The molecule has 1 aromatic carbocycles. The van der Waals surface area contributed by atoms with Crippen LogP contribution in [0.4, 0.5) is 5.95 Å². The highest BCUT2D eigenvalue weighted by Gasteiger charge is 2.18. The topological polar surface area (TPSA) is 29.9 Å². The van der Waals surface area contributed by atoms with E-state index in [-0.39, 0.29) is 0 Å². The summed E-state index contributed by atoms with van der Waals surface area (Å²) in [4.78, 5) is 4.75. The molecule has 1 aliphatic rings. The van der Waals surface area contributed by atoms with Crippen LogP contribution in [0, 0.1) is 13.8 Å². The number of aryl methyl sites for hydroxylation is 1. The maximum atomic E-state index is 4.75. The molecular formula is C14H16BrN3. The Kier molecular flexibility index (Phi) is 2.90. The molecule has 94 valence electrons. The summed E-state index contributed by atoms with van der Waals surface area (Å²) in [5, 5.41) is 3.37. The number of rotatable bonds is 1. The molecule has 0 spiro atoms. The van der Waals surface area contributed by atoms with Gasteiger partial charge in [-0.3, -0.25) is 0 Å². The quantitative estimate of drug-likeness (QED) is 0.869. The summed E-state index contributed by atoms with van der Waals surface area (Å²) in [6.07, 6.45) is 1.17. The Hall–Kier alpha value is -1.29. The fraction of sp³-hybridized carbons (Fsp3) is 0.357. The normalized spacial score (nSPS) is 14.2. The molecule has 0 saturated carbocycles. The Bertz CT molecular complexity index is 601. The fourth-order valence-electron chi connectivity index (χ4n) is 2.48. The molecular weight excluding hydrogens is 290 g/mol. The molecule has 3 nitrogen and oxygen atoms in total. The summed E-state index contributed by atoms with van der Waals surface area (Å²) in [5.41, 5.74) is 4.82. The summed E-state index contributed by atoms with van der Waals surface area (Å²) >= 11 is 3.54. The van der Waals surface area contributed by atoms with Gasteiger partial charge >= 0.3 is 0 Å². The predicted molar refractivity (Wildman–Crippen MR) is 77.9 cm³/mol. The Balaban J connectivity index is 2.17. The third-order valence-electron chi connectivity index (χ3n) is 3.52. The summed E-state index contributed by atoms with van der Waals surface area (Å²) in [6.45, 7) is 6.37. The van der Waals surface area contributed by atoms with E-state index >= 15 is 0 Å². The first-order valence-corrected chi connectivity index (χ1v) is 7.03. The van der Waals surface area contributed by atoms with Crippen molar-refractivity contribution in [3.8, 4) is 11.3 Å². The third kappa shape index (κ3) is 1.85. The number of halogens is 1. The molecule has 0 unspecified atom stereocenters.